The Labute approximate surface area is 130 Å². The highest BCUT2D eigenvalue weighted by Crippen LogP contribution is 2.15. The van der Waals surface area contributed by atoms with Gasteiger partial charge in [-0.25, -0.2) is 5.43 Å². The number of hydrogen-bond acceptors (Lipinski definition) is 5. The number of rotatable bonds is 7. The van der Waals surface area contributed by atoms with Crippen LogP contribution < -0.4 is 15.6 Å². The van der Waals surface area contributed by atoms with Gasteiger partial charge in [0.25, 0.3) is 5.91 Å². The number of amides is 2. The van der Waals surface area contributed by atoms with E-state index < -0.39 is 0 Å². The molecule has 1 aromatic rings. The van der Waals surface area contributed by atoms with E-state index in [9.17, 15) is 9.59 Å². The van der Waals surface area contributed by atoms with Crippen molar-refractivity contribution in [2.75, 3.05) is 38.0 Å². The molecule has 1 rings (SSSR count). The number of nitrogens with one attached hydrogen (secondary N) is 2. The van der Waals surface area contributed by atoms with Crippen molar-refractivity contribution < 1.29 is 14.3 Å². The van der Waals surface area contributed by atoms with Crippen LogP contribution >= 0.6 is 0 Å². The van der Waals surface area contributed by atoms with Crippen molar-refractivity contribution in [2.24, 2.45) is 5.10 Å². The summed E-state index contributed by atoms with van der Waals surface area (Å²) in [5.41, 5.74) is 4.58. The zero-order chi connectivity index (χ0) is 16.5. The van der Waals surface area contributed by atoms with Gasteiger partial charge in [-0.3, -0.25) is 9.59 Å². The molecule has 7 nitrogen and oxygen atoms in total. The third-order valence-corrected chi connectivity index (χ3v) is 2.73. The fourth-order valence-corrected chi connectivity index (χ4v) is 1.64. The van der Waals surface area contributed by atoms with Crippen LogP contribution in [0.25, 0.3) is 0 Å². The van der Waals surface area contributed by atoms with E-state index in [1.54, 1.807) is 6.92 Å². The minimum atomic E-state index is -0.360. The summed E-state index contributed by atoms with van der Waals surface area (Å²) < 4.78 is 4.66. The Balaban J connectivity index is 2.48. The zero-order valence-electron chi connectivity index (χ0n) is 13.3. The maximum atomic E-state index is 11.9. The molecule has 0 spiro atoms. The largest absolute Gasteiger partial charge is 0.378 e. The molecule has 0 atom stereocenters. The van der Waals surface area contributed by atoms with Gasteiger partial charge in [-0.15, -0.1) is 0 Å². The van der Waals surface area contributed by atoms with Crippen LogP contribution in [0, 0.1) is 0 Å². The van der Waals surface area contributed by atoms with Crippen molar-refractivity contribution in [3.05, 3.63) is 24.3 Å². The molecule has 0 unspecified atom stereocenters. The Bertz CT molecular complexity index is 538. The lowest BCUT2D eigenvalue weighted by Gasteiger charge is -2.13. The third-order valence-electron chi connectivity index (χ3n) is 2.73. The number of carbonyl (C=O) groups excluding carboxylic acids is 2. The lowest BCUT2D eigenvalue weighted by atomic mass is 10.2. The summed E-state index contributed by atoms with van der Waals surface area (Å²) in [7, 11) is 5.32. The van der Waals surface area contributed by atoms with Crippen molar-refractivity contribution in [2.45, 2.75) is 13.3 Å². The van der Waals surface area contributed by atoms with Gasteiger partial charge in [0.15, 0.2) is 0 Å². The van der Waals surface area contributed by atoms with Gasteiger partial charge in [0.2, 0.25) is 5.91 Å². The quantitative estimate of drug-likeness (QED) is 0.586. The van der Waals surface area contributed by atoms with Crippen LogP contribution in [0.5, 0.6) is 0 Å². The second-order valence-electron chi connectivity index (χ2n) is 4.98. The molecular weight excluding hydrogens is 284 g/mol. The molecule has 0 saturated carbocycles. The number of benzene rings is 1. The van der Waals surface area contributed by atoms with Gasteiger partial charge < -0.3 is 15.0 Å². The third kappa shape index (κ3) is 6.36. The number of methoxy groups -OCH3 is 1. The summed E-state index contributed by atoms with van der Waals surface area (Å²) in [6, 6.07) is 7.50. The fraction of sp³-hybridized carbons (Fsp3) is 0.400. The monoisotopic (exact) mass is 306 g/mol. The first-order valence-corrected chi connectivity index (χ1v) is 6.80. The fourth-order valence-electron chi connectivity index (χ4n) is 1.64. The van der Waals surface area contributed by atoms with Gasteiger partial charge in [-0.05, 0) is 31.2 Å². The molecule has 0 aromatic heterocycles. The van der Waals surface area contributed by atoms with Crippen molar-refractivity contribution in [1.82, 2.24) is 5.43 Å². The maximum absolute atomic E-state index is 11.9. The predicted molar refractivity (Wildman–Crippen MR) is 87.1 cm³/mol. The molecule has 0 saturated heterocycles. The van der Waals surface area contributed by atoms with Gasteiger partial charge in [-0.2, -0.15) is 5.10 Å². The van der Waals surface area contributed by atoms with E-state index in [4.69, 9.17) is 0 Å². The van der Waals surface area contributed by atoms with E-state index in [0.29, 0.717) is 11.4 Å². The number of nitrogens with zero attached hydrogens (tertiary/aromatic N) is 2. The molecule has 22 heavy (non-hydrogen) atoms. The van der Waals surface area contributed by atoms with Gasteiger partial charge >= 0.3 is 0 Å². The molecule has 0 aliphatic carbocycles. The lowest BCUT2D eigenvalue weighted by Crippen LogP contribution is -2.24. The molecule has 7 heteroatoms. The van der Waals surface area contributed by atoms with Gasteiger partial charge in [-0.1, -0.05) is 0 Å². The highest BCUT2D eigenvalue weighted by Gasteiger charge is 2.06. The van der Waals surface area contributed by atoms with Crippen LogP contribution in [-0.4, -0.2) is 45.3 Å². The zero-order valence-corrected chi connectivity index (χ0v) is 13.3. The van der Waals surface area contributed by atoms with Crippen molar-refractivity contribution in [1.29, 1.82) is 0 Å². The number of ether oxygens (including phenoxy) is 1. The van der Waals surface area contributed by atoms with E-state index in [-0.39, 0.29) is 24.8 Å². The Hall–Kier alpha value is -2.41. The van der Waals surface area contributed by atoms with Gasteiger partial charge in [0.05, 0.1) is 6.42 Å². The van der Waals surface area contributed by atoms with Gasteiger partial charge in [0.1, 0.15) is 6.61 Å². The molecular formula is C15H22N4O3. The van der Waals surface area contributed by atoms with Gasteiger partial charge in [0, 0.05) is 38.3 Å². The molecule has 0 aliphatic rings. The van der Waals surface area contributed by atoms with E-state index >= 15 is 0 Å². The van der Waals surface area contributed by atoms with Crippen LogP contribution in [0.1, 0.15) is 13.3 Å². The second kappa shape index (κ2) is 8.78. The molecule has 0 bridgehead atoms. The van der Waals surface area contributed by atoms with Crippen LogP contribution in [0.2, 0.25) is 0 Å². The number of carbonyl (C=O) groups is 2. The summed E-state index contributed by atoms with van der Waals surface area (Å²) in [5.74, 6) is -0.554. The Morgan fingerprint density at radius 1 is 1.18 bits per heavy atom. The maximum Gasteiger partial charge on any atom is 0.266 e. The molecule has 0 heterocycles. The average Bonchev–Trinajstić information content (AvgIpc) is 2.46. The topological polar surface area (TPSA) is 83.0 Å². The number of hydrazone groups is 1. The van der Waals surface area contributed by atoms with E-state index in [1.807, 2.05) is 43.3 Å². The Morgan fingerprint density at radius 3 is 2.36 bits per heavy atom. The summed E-state index contributed by atoms with van der Waals surface area (Å²) >= 11 is 0. The Kier molecular flexibility index (Phi) is 7.04. The van der Waals surface area contributed by atoms with Crippen LogP contribution in [0.3, 0.4) is 0 Å². The van der Waals surface area contributed by atoms with Crippen molar-refractivity contribution >= 4 is 28.9 Å². The minimum Gasteiger partial charge on any atom is -0.378 e. The van der Waals surface area contributed by atoms with Crippen LogP contribution in [0.15, 0.2) is 29.4 Å². The summed E-state index contributed by atoms with van der Waals surface area (Å²) in [4.78, 5) is 25.0. The normalized spacial score (nSPS) is 11.0. The molecule has 2 N–H and O–H groups in total. The SMILES string of the molecule is COCC(=O)N/N=C(/C)CC(=O)Nc1ccc(N(C)C)cc1. The number of hydrogen-bond donors (Lipinski definition) is 2. The highest BCUT2D eigenvalue weighted by atomic mass is 16.5. The van der Waals surface area contributed by atoms with Crippen LogP contribution in [0.4, 0.5) is 11.4 Å². The van der Waals surface area contributed by atoms with Crippen molar-refractivity contribution in [3.63, 3.8) is 0 Å². The van der Waals surface area contributed by atoms with Crippen LogP contribution in [-0.2, 0) is 14.3 Å². The summed E-state index contributed by atoms with van der Waals surface area (Å²) in [6.45, 7) is 1.60. The smallest absolute Gasteiger partial charge is 0.266 e. The second-order valence-corrected chi connectivity index (χ2v) is 4.98. The first-order chi connectivity index (χ1) is 10.4. The highest BCUT2D eigenvalue weighted by molar-refractivity contribution is 6.05. The number of anilines is 2. The summed E-state index contributed by atoms with van der Waals surface area (Å²) in [5, 5.41) is 6.61. The minimum absolute atomic E-state index is 0.0683. The van der Waals surface area contributed by atoms with Crippen molar-refractivity contribution in [3.8, 4) is 0 Å². The molecule has 0 aliphatic heterocycles. The molecule has 1 aromatic carbocycles. The molecule has 2 amide bonds. The summed E-state index contributed by atoms with van der Waals surface area (Å²) in [6.07, 6.45) is 0.0999. The first-order valence-electron chi connectivity index (χ1n) is 6.80. The molecule has 0 fully saturated rings. The lowest BCUT2D eigenvalue weighted by molar-refractivity contribution is -0.124. The predicted octanol–water partition coefficient (Wildman–Crippen LogP) is 1.22. The van der Waals surface area contributed by atoms with E-state index in [1.165, 1.54) is 7.11 Å². The first kappa shape index (κ1) is 17.6. The van der Waals surface area contributed by atoms with E-state index in [2.05, 4.69) is 20.6 Å². The standard InChI is InChI=1S/C15H22N4O3/c1-11(17-18-15(21)10-22-4)9-14(20)16-12-5-7-13(8-6-12)19(2)3/h5-8H,9-10H2,1-4H3,(H,16,20)(H,18,21)/b17-11-. The molecule has 120 valence electrons. The van der Waals surface area contributed by atoms with E-state index in [0.717, 1.165) is 5.69 Å². The Morgan fingerprint density at radius 2 is 1.82 bits per heavy atom. The average molecular weight is 306 g/mol. The molecule has 0 radical (unpaired) electrons.